The lowest BCUT2D eigenvalue weighted by atomic mass is 10.1. The molecule has 0 aromatic heterocycles. The van der Waals surface area contributed by atoms with Gasteiger partial charge in [0.2, 0.25) is 0 Å². The van der Waals surface area contributed by atoms with Crippen molar-refractivity contribution in [2.45, 2.75) is 20.0 Å². The lowest BCUT2D eigenvalue weighted by Gasteiger charge is -2.29. The molecule has 3 rings (SSSR count). The van der Waals surface area contributed by atoms with Gasteiger partial charge in [0.05, 0.1) is 19.8 Å². The first-order valence-electron chi connectivity index (χ1n) is 7.14. The summed E-state index contributed by atoms with van der Waals surface area (Å²) in [6.07, 6.45) is -0.225. The Labute approximate surface area is 119 Å². The predicted molar refractivity (Wildman–Crippen MR) is 75.7 cm³/mol. The van der Waals surface area contributed by atoms with Crippen molar-refractivity contribution >= 4 is 11.8 Å². The largest absolute Gasteiger partial charge is 0.450 e. The number of fused-ring (bicyclic) bond motifs is 1. The fourth-order valence-corrected chi connectivity index (χ4v) is 2.74. The Hall–Kier alpha value is -1.75. The minimum absolute atomic E-state index is 0.225. The van der Waals surface area contributed by atoms with Gasteiger partial charge >= 0.3 is 6.09 Å². The summed E-state index contributed by atoms with van der Waals surface area (Å²) >= 11 is 0. The van der Waals surface area contributed by atoms with E-state index >= 15 is 0 Å². The Morgan fingerprint density at radius 3 is 2.75 bits per heavy atom. The number of nitrogens with zero attached hydrogens (tertiary/aromatic N) is 2. The number of carbonyl (C=O) groups is 1. The zero-order valence-corrected chi connectivity index (χ0v) is 11.8. The monoisotopic (exact) mass is 276 g/mol. The van der Waals surface area contributed by atoms with Gasteiger partial charge in [-0.3, -0.25) is 4.90 Å². The normalized spacial score (nSPS) is 18.1. The van der Waals surface area contributed by atoms with Crippen LogP contribution in [0.5, 0.6) is 0 Å². The third kappa shape index (κ3) is 2.58. The van der Waals surface area contributed by atoms with Crippen molar-refractivity contribution in [3.63, 3.8) is 0 Å². The zero-order chi connectivity index (χ0) is 13.9. The summed E-state index contributed by atoms with van der Waals surface area (Å²) < 4.78 is 10.4. The average Bonchev–Trinajstić information content (AvgIpc) is 2.91. The molecule has 1 fully saturated rings. The predicted octanol–water partition coefficient (Wildman–Crippen LogP) is 2.00. The molecule has 2 heterocycles. The zero-order valence-electron chi connectivity index (χ0n) is 11.8. The maximum atomic E-state index is 11.8. The summed E-state index contributed by atoms with van der Waals surface area (Å²) in [7, 11) is 0. The maximum Gasteiger partial charge on any atom is 0.410 e. The van der Waals surface area contributed by atoms with Gasteiger partial charge in [0.25, 0.3) is 0 Å². The molecule has 1 amide bonds. The van der Waals surface area contributed by atoms with E-state index in [9.17, 15) is 4.79 Å². The van der Waals surface area contributed by atoms with Crippen molar-refractivity contribution in [3.05, 3.63) is 29.3 Å². The molecular formula is C15H20N2O3. The molecule has 0 saturated carbocycles. The van der Waals surface area contributed by atoms with Crippen LogP contribution in [-0.4, -0.2) is 43.9 Å². The number of benzene rings is 1. The van der Waals surface area contributed by atoms with Gasteiger partial charge in [-0.2, -0.15) is 0 Å². The number of amides is 1. The summed E-state index contributed by atoms with van der Waals surface area (Å²) in [5.41, 5.74) is 3.66. The Morgan fingerprint density at radius 1 is 1.25 bits per heavy atom. The fraction of sp³-hybridized carbons (Fsp3) is 0.533. The number of anilines is 1. The van der Waals surface area contributed by atoms with Gasteiger partial charge in [0.1, 0.15) is 0 Å². The molecular weight excluding hydrogens is 256 g/mol. The third-order valence-corrected chi connectivity index (χ3v) is 3.81. The van der Waals surface area contributed by atoms with E-state index in [-0.39, 0.29) is 6.09 Å². The summed E-state index contributed by atoms with van der Waals surface area (Å²) in [4.78, 5) is 15.9. The second-order valence-corrected chi connectivity index (χ2v) is 5.11. The number of hydrogen-bond acceptors (Lipinski definition) is 4. The van der Waals surface area contributed by atoms with E-state index in [0.717, 1.165) is 26.3 Å². The molecule has 0 bridgehead atoms. The second-order valence-electron chi connectivity index (χ2n) is 5.11. The molecule has 5 nitrogen and oxygen atoms in total. The highest BCUT2D eigenvalue weighted by atomic mass is 16.6. The number of rotatable bonds is 2. The molecule has 2 aliphatic heterocycles. The van der Waals surface area contributed by atoms with Crippen LogP contribution in [0.25, 0.3) is 0 Å². The van der Waals surface area contributed by atoms with E-state index in [2.05, 4.69) is 23.1 Å². The molecule has 2 aliphatic rings. The van der Waals surface area contributed by atoms with Crippen molar-refractivity contribution in [2.75, 3.05) is 37.8 Å². The summed E-state index contributed by atoms with van der Waals surface area (Å²) in [6, 6.07) is 6.46. The molecule has 5 heteroatoms. The summed E-state index contributed by atoms with van der Waals surface area (Å²) in [5.74, 6) is 0. The van der Waals surface area contributed by atoms with Gasteiger partial charge in [-0.1, -0.05) is 6.07 Å². The van der Waals surface area contributed by atoms with Crippen LogP contribution >= 0.6 is 0 Å². The number of ether oxygens (including phenoxy) is 2. The lowest BCUT2D eigenvalue weighted by molar-refractivity contribution is 0.106. The van der Waals surface area contributed by atoms with Gasteiger partial charge < -0.3 is 14.4 Å². The van der Waals surface area contributed by atoms with Crippen molar-refractivity contribution in [2.24, 2.45) is 0 Å². The van der Waals surface area contributed by atoms with Crippen LogP contribution in [0.15, 0.2) is 18.2 Å². The first-order chi connectivity index (χ1) is 9.78. The summed E-state index contributed by atoms with van der Waals surface area (Å²) in [5, 5.41) is 0. The molecule has 108 valence electrons. The van der Waals surface area contributed by atoms with Crippen LogP contribution < -0.4 is 4.90 Å². The van der Waals surface area contributed by atoms with Gasteiger partial charge in [-0.25, -0.2) is 4.79 Å². The molecule has 1 saturated heterocycles. The highest BCUT2D eigenvalue weighted by Gasteiger charge is 2.25. The van der Waals surface area contributed by atoms with E-state index in [1.54, 1.807) is 4.90 Å². The second kappa shape index (κ2) is 5.71. The summed E-state index contributed by atoms with van der Waals surface area (Å²) in [6.45, 7) is 6.98. The SMILES string of the molecule is CCOC(=O)N1Cc2ccc(N3CCOCC3)cc2C1. The van der Waals surface area contributed by atoms with Crippen LogP contribution in [0.2, 0.25) is 0 Å². The van der Waals surface area contributed by atoms with Gasteiger partial charge in [0.15, 0.2) is 0 Å². The highest BCUT2D eigenvalue weighted by Crippen LogP contribution is 2.28. The molecule has 1 aromatic carbocycles. The van der Waals surface area contributed by atoms with Crippen LogP contribution in [0.4, 0.5) is 10.5 Å². The van der Waals surface area contributed by atoms with Gasteiger partial charge in [-0.15, -0.1) is 0 Å². The van der Waals surface area contributed by atoms with E-state index in [1.165, 1.54) is 16.8 Å². The Bertz CT molecular complexity index is 498. The minimum atomic E-state index is -0.225. The van der Waals surface area contributed by atoms with Crippen molar-refractivity contribution in [1.82, 2.24) is 4.90 Å². The third-order valence-electron chi connectivity index (χ3n) is 3.81. The van der Waals surface area contributed by atoms with Crippen LogP contribution in [-0.2, 0) is 22.6 Å². The van der Waals surface area contributed by atoms with E-state index in [0.29, 0.717) is 19.7 Å². The van der Waals surface area contributed by atoms with E-state index in [4.69, 9.17) is 9.47 Å². The number of morpholine rings is 1. The molecule has 20 heavy (non-hydrogen) atoms. The van der Waals surface area contributed by atoms with Crippen molar-refractivity contribution in [3.8, 4) is 0 Å². The molecule has 0 atom stereocenters. The van der Waals surface area contributed by atoms with Crippen LogP contribution in [0, 0.1) is 0 Å². The Balaban J connectivity index is 1.72. The van der Waals surface area contributed by atoms with E-state index < -0.39 is 0 Å². The Morgan fingerprint density at radius 2 is 2.00 bits per heavy atom. The quantitative estimate of drug-likeness (QED) is 0.828. The van der Waals surface area contributed by atoms with Crippen LogP contribution in [0.3, 0.4) is 0 Å². The average molecular weight is 276 g/mol. The van der Waals surface area contributed by atoms with Crippen molar-refractivity contribution in [1.29, 1.82) is 0 Å². The lowest BCUT2D eigenvalue weighted by Crippen LogP contribution is -2.36. The molecule has 0 aliphatic carbocycles. The molecule has 1 aromatic rings. The number of hydrogen-bond donors (Lipinski definition) is 0. The maximum absolute atomic E-state index is 11.8. The first-order valence-corrected chi connectivity index (χ1v) is 7.14. The van der Waals surface area contributed by atoms with Crippen molar-refractivity contribution < 1.29 is 14.3 Å². The smallest absolute Gasteiger partial charge is 0.410 e. The highest BCUT2D eigenvalue weighted by molar-refractivity contribution is 5.69. The molecule has 0 N–H and O–H groups in total. The topological polar surface area (TPSA) is 42.0 Å². The minimum Gasteiger partial charge on any atom is -0.450 e. The van der Waals surface area contributed by atoms with Gasteiger partial charge in [-0.05, 0) is 30.2 Å². The van der Waals surface area contributed by atoms with E-state index in [1.807, 2.05) is 6.92 Å². The van der Waals surface area contributed by atoms with Crippen LogP contribution in [0.1, 0.15) is 18.1 Å². The molecule has 0 unspecified atom stereocenters. The number of carbonyl (C=O) groups excluding carboxylic acids is 1. The Kier molecular flexibility index (Phi) is 3.78. The first kappa shape index (κ1) is 13.2. The standard InChI is InChI=1S/C15H20N2O3/c1-2-20-15(18)17-10-12-3-4-14(9-13(12)11-17)16-5-7-19-8-6-16/h3-4,9H,2,5-8,10-11H2,1H3. The molecule has 0 radical (unpaired) electrons. The molecule has 0 spiro atoms. The fourth-order valence-electron chi connectivity index (χ4n) is 2.74. The van der Waals surface area contributed by atoms with Gasteiger partial charge in [0, 0.05) is 31.9 Å².